The number of carbonyl (C=O) groups excluding carboxylic acids is 2. The van der Waals surface area contributed by atoms with Crippen molar-refractivity contribution in [2.75, 3.05) is 6.61 Å². The topological polar surface area (TPSA) is 78.4 Å². The molecule has 0 aliphatic carbocycles. The zero-order valence-electron chi connectivity index (χ0n) is 14.1. The van der Waals surface area contributed by atoms with E-state index in [1.54, 1.807) is 0 Å². The van der Waals surface area contributed by atoms with Crippen LogP contribution in [0.4, 0.5) is 8.78 Å². The van der Waals surface area contributed by atoms with Crippen LogP contribution in [-0.4, -0.2) is 29.6 Å². The second kappa shape index (κ2) is 9.32. The Balaban J connectivity index is 2.90. The van der Waals surface area contributed by atoms with Crippen LogP contribution in [0.1, 0.15) is 45.2 Å². The third-order valence-corrected chi connectivity index (χ3v) is 3.46. The van der Waals surface area contributed by atoms with E-state index in [1.807, 2.05) is 13.8 Å². The number of amides is 2. The van der Waals surface area contributed by atoms with Crippen molar-refractivity contribution in [2.24, 2.45) is 5.92 Å². The summed E-state index contributed by atoms with van der Waals surface area (Å²) >= 11 is 0. The summed E-state index contributed by atoms with van der Waals surface area (Å²) in [7, 11) is 0. The van der Waals surface area contributed by atoms with Crippen molar-refractivity contribution in [2.45, 2.75) is 45.7 Å². The molecule has 2 unspecified atom stereocenters. The van der Waals surface area contributed by atoms with Gasteiger partial charge in [0.1, 0.15) is 11.6 Å². The third-order valence-electron chi connectivity index (χ3n) is 3.46. The zero-order valence-corrected chi connectivity index (χ0v) is 14.1. The van der Waals surface area contributed by atoms with Crippen molar-refractivity contribution in [3.05, 3.63) is 35.4 Å². The van der Waals surface area contributed by atoms with E-state index >= 15 is 0 Å². The van der Waals surface area contributed by atoms with Crippen LogP contribution in [0.25, 0.3) is 0 Å². The molecule has 1 aromatic rings. The summed E-state index contributed by atoms with van der Waals surface area (Å²) in [5.41, 5.74) is -0.354. The number of aliphatic hydroxyl groups is 1. The van der Waals surface area contributed by atoms with Crippen molar-refractivity contribution < 1.29 is 23.5 Å². The minimum Gasteiger partial charge on any atom is -0.394 e. The molecule has 1 rings (SSSR count). The molecule has 24 heavy (non-hydrogen) atoms. The van der Waals surface area contributed by atoms with Gasteiger partial charge < -0.3 is 15.7 Å². The first-order valence-corrected chi connectivity index (χ1v) is 7.85. The average molecular weight is 342 g/mol. The van der Waals surface area contributed by atoms with Gasteiger partial charge in [0.25, 0.3) is 0 Å². The zero-order chi connectivity index (χ0) is 18.3. The molecular formula is C17H24F2N2O3. The van der Waals surface area contributed by atoms with E-state index in [0.29, 0.717) is 6.42 Å². The van der Waals surface area contributed by atoms with Crippen LogP contribution >= 0.6 is 0 Å². The maximum Gasteiger partial charge on any atom is 0.222 e. The molecule has 0 aliphatic heterocycles. The average Bonchev–Trinajstić information content (AvgIpc) is 2.44. The molecule has 0 saturated heterocycles. The second-order valence-electron chi connectivity index (χ2n) is 6.17. The van der Waals surface area contributed by atoms with Crippen molar-refractivity contribution >= 4 is 11.8 Å². The van der Waals surface area contributed by atoms with Crippen LogP contribution in [0.3, 0.4) is 0 Å². The van der Waals surface area contributed by atoms with E-state index in [2.05, 4.69) is 10.6 Å². The van der Waals surface area contributed by atoms with E-state index in [-0.39, 0.29) is 24.5 Å². The van der Waals surface area contributed by atoms with Crippen molar-refractivity contribution in [1.29, 1.82) is 0 Å². The van der Waals surface area contributed by atoms with Gasteiger partial charge in [0.15, 0.2) is 0 Å². The van der Waals surface area contributed by atoms with Crippen molar-refractivity contribution in [3.63, 3.8) is 0 Å². The second-order valence-corrected chi connectivity index (χ2v) is 6.17. The largest absolute Gasteiger partial charge is 0.394 e. The van der Waals surface area contributed by atoms with Gasteiger partial charge in [0.2, 0.25) is 11.8 Å². The van der Waals surface area contributed by atoms with Gasteiger partial charge >= 0.3 is 0 Å². The fourth-order valence-corrected chi connectivity index (χ4v) is 2.53. The van der Waals surface area contributed by atoms with Crippen LogP contribution in [0.5, 0.6) is 0 Å². The Morgan fingerprint density at radius 3 is 2.21 bits per heavy atom. The highest BCUT2D eigenvalue weighted by molar-refractivity contribution is 5.79. The van der Waals surface area contributed by atoms with Gasteiger partial charge in [-0.3, -0.25) is 9.59 Å². The molecule has 0 heterocycles. The lowest BCUT2D eigenvalue weighted by Crippen LogP contribution is -2.41. The fraction of sp³-hybridized carbons (Fsp3) is 0.529. The van der Waals surface area contributed by atoms with Crippen LogP contribution in [-0.2, 0) is 9.59 Å². The first-order chi connectivity index (χ1) is 11.2. The summed E-state index contributed by atoms with van der Waals surface area (Å²) in [5, 5.41) is 14.3. The molecule has 2 amide bonds. The Kier molecular flexibility index (Phi) is 7.78. The number of hydrogen-bond acceptors (Lipinski definition) is 3. The molecule has 5 nitrogen and oxygen atoms in total. The van der Waals surface area contributed by atoms with Crippen LogP contribution in [0.2, 0.25) is 0 Å². The molecule has 0 aromatic heterocycles. The molecule has 0 bridgehead atoms. The Hall–Kier alpha value is -2.02. The van der Waals surface area contributed by atoms with E-state index in [4.69, 9.17) is 0 Å². The smallest absolute Gasteiger partial charge is 0.222 e. The van der Waals surface area contributed by atoms with Gasteiger partial charge in [-0.05, 0) is 24.5 Å². The maximum atomic E-state index is 13.9. The van der Waals surface area contributed by atoms with Crippen LogP contribution < -0.4 is 10.6 Å². The SMILES string of the molecule is CC(=O)NC(CC(=O)NC(CO)CC(C)C)c1c(F)cccc1F. The number of aliphatic hydroxyl groups excluding tert-OH is 1. The molecule has 7 heteroatoms. The highest BCUT2D eigenvalue weighted by Gasteiger charge is 2.24. The number of nitrogens with one attached hydrogen (secondary N) is 2. The highest BCUT2D eigenvalue weighted by atomic mass is 19.1. The van der Waals surface area contributed by atoms with Crippen LogP contribution in [0.15, 0.2) is 18.2 Å². The van der Waals surface area contributed by atoms with E-state index in [9.17, 15) is 23.5 Å². The first kappa shape index (κ1) is 20.0. The Labute approximate surface area is 140 Å². The monoisotopic (exact) mass is 342 g/mol. The lowest BCUT2D eigenvalue weighted by atomic mass is 10.0. The molecule has 0 aliphatic rings. The fourth-order valence-electron chi connectivity index (χ4n) is 2.53. The minimum atomic E-state index is -1.12. The first-order valence-electron chi connectivity index (χ1n) is 7.85. The number of halogens is 2. The molecule has 0 spiro atoms. The van der Waals surface area contributed by atoms with E-state index < -0.39 is 35.5 Å². The molecule has 0 fully saturated rings. The predicted molar refractivity (Wildman–Crippen MR) is 86.0 cm³/mol. The Morgan fingerprint density at radius 1 is 1.17 bits per heavy atom. The molecule has 0 saturated carbocycles. The summed E-state index contributed by atoms with van der Waals surface area (Å²) in [6.07, 6.45) is 0.243. The molecule has 1 aromatic carbocycles. The molecule has 0 radical (unpaired) electrons. The van der Waals surface area contributed by atoms with Gasteiger partial charge in [-0.15, -0.1) is 0 Å². The van der Waals surface area contributed by atoms with Gasteiger partial charge in [0.05, 0.1) is 25.1 Å². The summed E-state index contributed by atoms with van der Waals surface area (Å²) in [4.78, 5) is 23.5. The molecule has 2 atom stereocenters. The summed E-state index contributed by atoms with van der Waals surface area (Å²) < 4.78 is 27.9. The number of carbonyl (C=O) groups is 2. The van der Waals surface area contributed by atoms with Gasteiger partial charge in [-0.1, -0.05) is 19.9 Å². The highest BCUT2D eigenvalue weighted by Crippen LogP contribution is 2.23. The molecular weight excluding hydrogens is 318 g/mol. The summed E-state index contributed by atoms with van der Waals surface area (Å²) in [6, 6.07) is 1.78. The van der Waals surface area contributed by atoms with E-state index in [0.717, 1.165) is 12.1 Å². The lowest BCUT2D eigenvalue weighted by molar-refractivity contribution is -0.123. The number of benzene rings is 1. The minimum absolute atomic E-state index is 0.233. The number of rotatable bonds is 8. The van der Waals surface area contributed by atoms with Gasteiger partial charge in [0, 0.05) is 12.5 Å². The molecule has 3 N–H and O–H groups in total. The standard InChI is InChI=1S/C17H24F2N2O3/c1-10(2)7-12(9-22)21-16(24)8-15(20-11(3)23)17-13(18)5-4-6-14(17)19/h4-6,10,12,15,22H,7-9H2,1-3H3,(H,20,23)(H,21,24). The quantitative estimate of drug-likeness (QED) is 0.677. The normalized spacial score (nSPS) is 13.5. The Morgan fingerprint density at radius 2 is 1.75 bits per heavy atom. The van der Waals surface area contributed by atoms with Crippen molar-refractivity contribution in [3.8, 4) is 0 Å². The van der Waals surface area contributed by atoms with Gasteiger partial charge in [-0.2, -0.15) is 0 Å². The van der Waals surface area contributed by atoms with E-state index in [1.165, 1.54) is 13.0 Å². The maximum absolute atomic E-state index is 13.9. The van der Waals surface area contributed by atoms with Crippen LogP contribution in [0, 0.1) is 17.6 Å². The Bertz CT molecular complexity index is 559. The van der Waals surface area contributed by atoms with Crippen molar-refractivity contribution in [1.82, 2.24) is 10.6 Å². The van der Waals surface area contributed by atoms with Gasteiger partial charge in [-0.25, -0.2) is 8.78 Å². The summed E-state index contributed by atoms with van der Waals surface area (Å²) in [5.74, 6) is -2.41. The summed E-state index contributed by atoms with van der Waals surface area (Å²) in [6.45, 7) is 4.87. The molecule has 134 valence electrons. The predicted octanol–water partition coefficient (Wildman–Crippen LogP) is 2.06. The third kappa shape index (κ3) is 6.23. The number of hydrogen-bond donors (Lipinski definition) is 3. The lowest BCUT2D eigenvalue weighted by Gasteiger charge is -2.22.